The molecular formula is C7H8FN3O2. The van der Waals surface area contributed by atoms with Gasteiger partial charge in [-0.2, -0.15) is 4.39 Å². The number of hydrogen-bond donors (Lipinski definition) is 1. The van der Waals surface area contributed by atoms with Gasteiger partial charge in [-0.25, -0.2) is 4.98 Å². The Bertz CT molecular complexity index is 330. The second-order valence-corrected chi connectivity index (χ2v) is 2.44. The van der Waals surface area contributed by atoms with Gasteiger partial charge in [-0.05, 0) is 12.6 Å². The highest BCUT2D eigenvalue weighted by molar-refractivity contribution is 5.31. The SMILES string of the molecule is CNCc1cnc(F)c([N+](=O)[O-])c1. The Labute approximate surface area is 73.7 Å². The van der Waals surface area contributed by atoms with Crippen molar-refractivity contribution in [1.82, 2.24) is 10.3 Å². The van der Waals surface area contributed by atoms with E-state index in [-0.39, 0.29) is 0 Å². The predicted octanol–water partition coefficient (Wildman–Crippen LogP) is 0.848. The molecule has 0 unspecified atom stereocenters. The van der Waals surface area contributed by atoms with Crippen molar-refractivity contribution in [2.45, 2.75) is 6.54 Å². The smallest absolute Gasteiger partial charge is 0.316 e. The molecule has 13 heavy (non-hydrogen) atoms. The summed E-state index contributed by atoms with van der Waals surface area (Å²) in [5.41, 5.74) is -0.0108. The van der Waals surface area contributed by atoms with Crippen LogP contribution < -0.4 is 5.32 Å². The maximum Gasteiger partial charge on any atom is 0.324 e. The van der Waals surface area contributed by atoms with Crippen LogP contribution in [0.25, 0.3) is 0 Å². The van der Waals surface area contributed by atoms with Crippen molar-refractivity contribution in [3.63, 3.8) is 0 Å². The first kappa shape index (κ1) is 9.53. The molecule has 0 atom stereocenters. The minimum absolute atomic E-state index is 0.425. The molecule has 0 saturated carbocycles. The highest BCUT2D eigenvalue weighted by atomic mass is 19.1. The van der Waals surface area contributed by atoms with Crippen LogP contribution in [0.3, 0.4) is 0 Å². The van der Waals surface area contributed by atoms with Gasteiger partial charge in [-0.3, -0.25) is 10.1 Å². The summed E-state index contributed by atoms with van der Waals surface area (Å²) in [7, 11) is 1.69. The van der Waals surface area contributed by atoms with E-state index < -0.39 is 16.6 Å². The molecule has 0 radical (unpaired) electrons. The molecule has 0 aliphatic heterocycles. The van der Waals surface area contributed by atoms with Crippen molar-refractivity contribution >= 4 is 5.69 Å². The third kappa shape index (κ3) is 2.19. The molecule has 0 fully saturated rings. The van der Waals surface area contributed by atoms with Gasteiger partial charge in [0.2, 0.25) is 0 Å². The molecule has 1 rings (SSSR count). The fraction of sp³-hybridized carbons (Fsp3) is 0.286. The van der Waals surface area contributed by atoms with Crippen molar-refractivity contribution in [1.29, 1.82) is 0 Å². The molecule has 0 saturated heterocycles. The highest BCUT2D eigenvalue weighted by Gasteiger charge is 2.15. The van der Waals surface area contributed by atoms with Crippen LogP contribution in [0.15, 0.2) is 12.3 Å². The number of hydrogen-bond acceptors (Lipinski definition) is 4. The van der Waals surface area contributed by atoms with E-state index in [1.165, 1.54) is 12.3 Å². The second-order valence-electron chi connectivity index (χ2n) is 2.44. The molecule has 0 aliphatic carbocycles. The molecule has 1 aromatic heterocycles. The standard InChI is InChI=1S/C7H8FN3O2/c1-9-3-5-2-6(11(12)13)7(8)10-4-5/h2,4,9H,3H2,1H3. The number of nitro groups is 1. The van der Waals surface area contributed by atoms with Gasteiger partial charge in [0.05, 0.1) is 4.92 Å². The Morgan fingerprint density at radius 3 is 3.00 bits per heavy atom. The number of pyridine rings is 1. The molecule has 1 N–H and O–H groups in total. The van der Waals surface area contributed by atoms with Crippen molar-refractivity contribution in [3.05, 3.63) is 33.9 Å². The van der Waals surface area contributed by atoms with Crippen LogP contribution in [0.1, 0.15) is 5.56 Å². The lowest BCUT2D eigenvalue weighted by Crippen LogP contribution is -2.06. The topological polar surface area (TPSA) is 68.1 Å². The number of halogens is 1. The average Bonchev–Trinajstić information content (AvgIpc) is 2.08. The minimum atomic E-state index is -1.05. The zero-order valence-electron chi connectivity index (χ0n) is 6.95. The van der Waals surface area contributed by atoms with E-state index in [0.717, 1.165) is 0 Å². The van der Waals surface area contributed by atoms with Crippen molar-refractivity contribution in [2.75, 3.05) is 7.05 Å². The maximum atomic E-state index is 12.7. The van der Waals surface area contributed by atoms with Crippen LogP contribution in [-0.2, 0) is 6.54 Å². The van der Waals surface area contributed by atoms with Crippen molar-refractivity contribution in [3.8, 4) is 0 Å². The largest absolute Gasteiger partial charge is 0.324 e. The molecule has 70 valence electrons. The lowest BCUT2D eigenvalue weighted by molar-refractivity contribution is -0.388. The van der Waals surface area contributed by atoms with E-state index in [2.05, 4.69) is 10.3 Å². The fourth-order valence-corrected chi connectivity index (χ4v) is 0.907. The van der Waals surface area contributed by atoms with Gasteiger partial charge in [0, 0.05) is 18.8 Å². The van der Waals surface area contributed by atoms with Crippen LogP contribution in [0, 0.1) is 16.1 Å². The molecule has 0 aromatic carbocycles. The third-order valence-electron chi connectivity index (χ3n) is 1.45. The average molecular weight is 185 g/mol. The summed E-state index contributed by atoms with van der Waals surface area (Å²) in [4.78, 5) is 12.8. The normalized spacial score (nSPS) is 10.0. The van der Waals surface area contributed by atoms with Gasteiger partial charge in [0.15, 0.2) is 0 Å². The van der Waals surface area contributed by atoms with E-state index >= 15 is 0 Å². The molecule has 0 aliphatic rings. The molecule has 0 amide bonds. The van der Waals surface area contributed by atoms with Gasteiger partial charge in [0.25, 0.3) is 5.95 Å². The van der Waals surface area contributed by atoms with Gasteiger partial charge in [0.1, 0.15) is 0 Å². The number of nitrogens with one attached hydrogen (secondary N) is 1. The summed E-state index contributed by atoms with van der Waals surface area (Å²) in [5, 5.41) is 13.1. The first-order chi connectivity index (χ1) is 6.15. The van der Waals surface area contributed by atoms with E-state index in [1.807, 2.05) is 0 Å². The minimum Gasteiger partial charge on any atom is -0.316 e. The third-order valence-corrected chi connectivity index (χ3v) is 1.45. The maximum absolute atomic E-state index is 12.7. The monoisotopic (exact) mass is 185 g/mol. The van der Waals surface area contributed by atoms with E-state index in [4.69, 9.17) is 0 Å². The van der Waals surface area contributed by atoms with E-state index in [0.29, 0.717) is 12.1 Å². The fourth-order valence-electron chi connectivity index (χ4n) is 0.907. The van der Waals surface area contributed by atoms with Gasteiger partial charge < -0.3 is 5.32 Å². The Hall–Kier alpha value is -1.56. The summed E-state index contributed by atoms with van der Waals surface area (Å²) in [5.74, 6) is -1.05. The van der Waals surface area contributed by atoms with E-state index in [9.17, 15) is 14.5 Å². The van der Waals surface area contributed by atoms with Crippen LogP contribution in [0.2, 0.25) is 0 Å². The summed E-state index contributed by atoms with van der Waals surface area (Å²) in [6.07, 6.45) is 1.26. The lowest BCUT2D eigenvalue weighted by atomic mass is 10.2. The predicted molar refractivity (Wildman–Crippen MR) is 43.6 cm³/mol. The number of aromatic nitrogens is 1. The lowest BCUT2D eigenvalue weighted by Gasteiger charge is -1.98. The highest BCUT2D eigenvalue weighted by Crippen LogP contribution is 2.15. The molecule has 5 nitrogen and oxygen atoms in total. The summed E-state index contributed by atoms with van der Waals surface area (Å²) in [6.45, 7) is 0.425. The number of rotatable bonds is 3. The summed E-state index contributed by atoms with van der Waals surface area (Å²) in [6, 6.07) is 1.17. The Balaban J connectivity index is 3.04. The molecule has 1 heterocycles. The van der Waals surface area contributed by atoms with Gasteiger partial charge in [-0.1, -0.05) is 0 Å². The number of nitrogens with zero attached hydrogens (tertiary/aromatic N) is 2. The zero-order chi connectivity index (χ0) is 9.84. The Morgan fingerprint density at radius 1 is 1.77 bits per heavy atom. The molecular weight excluding hydrogens is 177 g/mol. The summed E-state index contributed by atoms with van der Waals surface area (Å²) < 4.78 is 12.7. The van der Waals surface area contributed by atoms with Crippen molar-refractivity contribution in [2.24, 2.45) is 0 Å². The van der Waals surface area contributed by atoms with Crippen LogP contribution in [0.5, 0.6) is 0 Å². The quantitative estimate of drug-likeness (QED) is 0.430. The second kappa shape index (κ2) is 3.90. The van der Waals surface area contributed by atoms with Crippen molar-refractivity contribution < 1.29 is 9.31 Å². The molecule has 1 aromatic rings. The molecule has 0 spiro atoms. The van der Waals surface area contributed by atoms with Crippen LogP contribution >= 0.6 is 0 Å². The molecule has 0 bridgehead atoms. The van der Waals surface area contributed by atoms with Crippen LogP contribution in [-0.4, -0.2) is 17.0 Å². The first-order valence-corrected chi connectivity index (χ1v) is 3.58. The molecule has 6 heteroatoms. The Kier molecular flexibility index (Phi) is 2.86. The van der Waals surface area contributed by atoms with Crippen LogP contribution in [0.4, 0.5) is 10.1 Å². The summed E-state index contributed by atoms with van der Waals surface area (Å²) >= 11 is 0. The Morgan fingerprint density at radius 2 is 2.46 bits per heavy atom. The van der Waals surface area contributed by atoms with E-state index in [1.54, 1.807) is 7.05 Å². The van der Waals surface area contributed by atoms with Gasteiger partial charge >= 0.3 is 5.69 Å². The van der Waals surface area contributed by atoms with Gasteiger partial charge in [-0.15, -0.1) is 0 Å². The zero-order valence-corrected chi connectivity index (χ0v) is 6.95. The first-order valence-electron chi connectivity index (χ1n) is 3.58.